The molecule has 2 aromatic rings. The van der Waals surface area contributed by atoms with E-state index in [1.807, 2.05) is 12.2 Å². The van der Waals surface area contributed by atoms with E-state index in [2.05, 4.69) is 5.10 Å². The van der Waals surface area contributed by atoms with Gasteiger partial charge in [0.15, 0.2) is 5.82 Å². The molecule has 2 heterocycles. The fourth-order valence-corrected chi connectivity index (χ4v) is 3.43. The molecule has 25 heavy (non-hydrogen) atoms. The first-order valence-corrected chi connectivity index (χ1v) is 8.05. The molecule has 0 bridgehead atoms. The fraction of sp³-hybridized carbons (Fsp3) is 0.278. The minimum absolute atomic E-state index is 0.0560. The van der Waals surface area contributed by atoms with Crippen molar-refractivity contribution < 1.29 is 18.4 Å². The van der Waals surface area contributed by atoms with Gasteiger partial charge in [-0.25, -0.2) is 13.5 Å². The Morgan fingerprint density at radius 2 is 1.72 bits per heavy atom. The Labute approximate surface area is 142 Å². The van der Waals surface area contributed by atoms with Gasteiger partial charge >= 0.3 is 0 Å². The maximum absolute atomic E-state index is 13.8. The topological polar surface area (TPSA) is 55.2 Å². The second kappa shape index (κ2) is 5.91. The molecule has 1 fully saturated rings. The van der Waals surface area contributed by atoms with Crippen LogP contribution in [0.1, 0.15) is 18.5 Å². The molecular formula is C18H15F2N3O2. The number of benzene rings is 1. The van der Waals surface area contributed by atoms with E-state index in [1.165, 1.54) is 21.8 Å². The third kappa shape index (κ3) is 2.65. The van der Waals surface area contributed by atoms with Crippen molar-refractivity contribution in [1.82, 2.24) is 14.7 Å². The van der Waals surface area contributed by atoms with Crippen LogP contribution < -0.4 is 0 Å². The lowest BCUT2D eigenvalue weighted by Gasteiger charge is -2.14. The summed E-state index contributed by atoms with van der Waals surface area (Å²) in [6.07, 6.45) is 6.55. The number of amides is 2. The molecule has 1 aliphatic carbocycles. The number of aromatic nitrogens is 2. The molecule has 2 aliphatic rings. The number of allylic oxidation sites excluding steroid dienone is 2. The monoisotopic (exact) mass is 343 g/mol. The van der Waals surface area contributed by atoms with E-state index in [4.69, 9.17) is 0 Å². The summed E-state index contributed by atoms with van der Waals surface area (Å²) in [7, 11) is 0. The van der Waals surface area contributed by atoms with Crippen LogP contribution in [0.25, 0.3) is 5.69 Å². The first kappa shape index (κ1) is 15.7. The highest BCUT2D eigenvalue weighted by atomic mass is 19.1. The first-order chi connectivity index (χ1) is 12.0. The van der Waals surface area contributed by atoms with E-state index in [-0.39, 0.29) is 35.9 Å². The zero-order chi connectivity index (χ0) is 17.6. The van der Waals surface area contributed by atoms with Crippen LogP contribution in [0.4, 0.5) is 8.78 Å². The minimum Gasteiger partial charge on any atom is -0.276 e. The number of rotatable bonds is 3. The van der Waals surface area contributed by atoms with Crippen LogP contribution in [-0.2, 0) is 16.1 Å². The third-order valence-electron chi connectivity index (χ3n) is 4.72. The average Bonchev–Trinajstić information content (AvgIpc) is 3.15. The second-order valence-electron chi connectivity index (χ2n) is 6.27. The molecule has 1 aromatic heterocycles. The molecule has 2 atom stereocenters. The predicted octanol–water partition coefficient (Wildman–Crippen LogP) is 2.60. The van der Waals surface area contributed by atoms with Gasteiger partial charge in [-0.05, 0) is 31.0 Å². The standard InChI is InChI=1S/C18H15F2N3O2/c19-11-5-6-16(15(20)9-11)23-8-7-12(21-23)10-22-17(24)13-3-1-2-4-14(13)18(22)25/h1-2,5-9,13-14H,3-4,10H2. The van der Waals surface area contributed by atoms with E-state index in [9.17, 15) is 18.4 Å². The van der Waals surface area contributed by atoms with Crippen molar-refractivity contribution in [2.75, 3.05) is 0 Å². The van der Waals surface area contributed by atoms with Gasteiger partial charge in [0.2, 0.25) is 11.8 Å². The molecular weight excluding hydrogens is 328 g/mol. The van der Waals surface area contributed by atoms with Crippen LogP contribution in [0.15, 0.2) is 42.6 Å². The number of carbonyl (C=O) groups is 2. The maximum Gasteiger partial charge on any atom is 0.233 e. The summed E-state index contributed by atoms with van der Waals surface area (Å²) in [5.74, 6) is -2.33. The van der Waals surface area contributed by atoms with E-state index in [0.29, 0.717) is 18.5 Å². The molecule has 1 saturated heterocycles. The minimum atomic E-state index is -0.736. The van der Waals surface area contributed by atoms with Gasteiger partial charge in [0.25, 0.3) is 0 Å². The highest BCUT2D eigenvalue weighted by Gasteiger charge is 2.47. The van der Waals surface area contributed by atoms with E-state index < -0.39 is 11.6 Å². The molecule has 0 radical (unpaired) electrons. The highest BCUT2D eigenvalue weighted by molar-refractivity contribution is 6.05. The van der Waals surface area contributed by atoms with Gasteiger partial charge in [0, 0.05) is 12.3 Å². The van der Waals surface area contributed by atoms with Crippen LogP contribution in [-0.4, -0.2) is 26.5 Å². The summed E-state index contributed by atoms with van der Waals surface area (Å²) in [5.41, 5.74) is 0.571. The zero-order valence-corrected chi connectivity index (χ0v) is 13.2. The van der Waals surface area contributed by atoms with E-state index >= 15 is 0 Å². The molecule has 4 rings (SSSR count). The summed E-state index contributed by atoms with van der Waals surface area (Å²) in [5, 5.41) is 4.21. The molecule has 0 spiro atoms. The lowest BCUT2D eigenvalue weighted by molar-refractivity contribution is -0.140. The van der Waals surface area contributed by atoms with Gasteiger partial charge in [0.05, 0.1) is 24.1 Å². The van der Waals surface area contributed by atoms with Crippen molar-refractivity contribution >= 4 is 11.8 Å². The molecule has 1 aliphatic heterocycles. The van der Waals surface area contributed by atoms with Gasteiger partial charge in [-0.1, -0.05) is 12.2 Å². The lowest BCUT2D eigenvalue weighted by atomic mass is 9.85. The third-order valence-corrected chi connectivity index (χ3v) is 4.72. The Hall–Kier alpha value is -2.83. The van der Waals surface area contributed by atoms with Crippen molar-refractivity contribution in [3.8, 4) is 5.69 Å². The van der Waals surface area contributed by atoms with Crippen molar-refractivity contribution in [2.45, 2.75) is 19.4 Å². The molecule has 0 saturated carbocycles. The Morgan fingerprint density at radius 3 is 2.36 bits per heavy atom. The Kier molecular flexibility index (Phi) is 3.71. The number of carbonyl (C=O) groups excluding carboxylic acids is 2. The van der Waals surface area contributed by atoms with Gasteiger partial charge in [-0.3, -0.25) is 14.5 Å². The number of halogens is 2. The molecule has 2 amide bonds. The number of hydrogen-bond acceptors (Lipinski definition) is 3. The number of hydrogen-bond donors (Lipinski definition) is 0. The summed E-state index contributed by atoms with van der Waals surface area (Å²) >= 11 is 0. The van der Waals surface area contributed by atoms with Crippen molar-refractivity contribution in [3.05, 3.63) is 59.9 Å². The SMILES string of the molecule is O=C1C2CC=CCC2C(=O)N1Cc1ccn(-c2ccc(F)cc2F)n1. The molecule has 128 valence electrons. The van der Waals surface area contributed by atoms with Crippen LogP contribution in [0.2, 0.25) is 0 Å². The first-order valence-electron chi connectivity index (χ1n) is 8.05. The summed E-state index contributed by atoms with van der Waals surface area (Å²) in [6, 6.07) is 4.82. The average molecular weight is 343 g/mol. The quantitative estimate of drug-likeness (QED) is 0.636. The molecule has 2 unspecified atom stereocenters. The van der Waals surface area contributed by atoms with Gasteiger partial charge in [-0.2, -0.15) is 5.10 Å². The largest absolute Gasteiger partial charge is 0.276 e. The number of likely N-dealkylation sites (tertiary alicyclic amines) is 1. The van der Waals surface area contributed by atoms with Crippen LogP contribution in [0.3, 0.4) is 0 Å². The highest BCUT2D eigenvalue weighted by Crippen LogP contribution is 2.35. The van der Waals surface area contributed by atoms with Gasteiger partial charge in [0.1, 0.15) is 11.5 Å². The number of fused-ring (bicyclic) bond motifs is 1. The Bertz CT molecular complexity index is 864. The molecule has 0 N–H and O–H groups in total. The summed E-state index contributed by atoms with van der Waals surface area (Å²) < 4.78 is 28.1. The molecule has 1 aromatic carbocycles. The fourth-order valence-electron chi connectivity index (χ4n) is 3.43. The number of imide groups is 1. The van der Waals surface area contributed by atoms with Gasteiger partial charge < -0.3 is 0 Å². The predicted molar refractivity (Wildman–Crippen MR) is 84.4 cm³/mol. The van der Waals surface area contributed by atoms with E-state index in [0.717, 1.165) is 12.1 Å². The second-order valence-corrected chi connectivity index (χ2v) is 6.27. The lowest BCUT2D eigenvalue weighted by Crippen LogP contribution is -2.30. The Morgan fingerprint density at radius 1 is 1.04 bits per heavy atom. The van der Waals surface area contributed by atoms with Crippen LogP contribution in [0, 0.1) is 23.5 Å². The summed E-state index contributed by atoms with van der Waals surface area (Å²) in [4.78, 5) is 26.1. The van der Waals surface area contributed by atoms with Crippen LogP contribution in [0.5, 0.6) is 0 Å². The van der Waals surface area contributed by atoms with E-state index in [1.54, 1.807) is 6.07 Å². The maximum atomic E-state index is 13.8. The van der Waals surface area contributed by atoms with Crippen molar-refractivity contribution in [2.24, 2.45) is 11.8 Å². The molecule has 7 heteroatoms. The van der Waals surface area contributed by atoms with Crippen LogP contribution >= 0.6 is 0 Å². The number of nitrogens with zero attached hydrogens (tertiary/aromatic N) is 3. The molecule has 5 nitrogen and oxygen atoms in total. The summed E-state index contributed by atoms with van der Waals surface area (Å²) in [6.45, 7) is 0.0560. The zero-order valence-electron chi connectivity index (χ0n) is 13.2. The van der Waals surface area contributed by atoms with Gasteiger partial charge in [-0.15, -0.1) is 0 Å². The van der Waals surface area contributed by atoms with Crippen molar-refractivity contribution in [1.29, 1.82) is 0 Å². The normalized spacial score (nSPS) is 22.6. The van der Waals surface area contributed by atoms with Crippen molar-refractivity contribution in [3.63, 3.8) is 0 Å². The Balaban J connectivity index is 1.55. The smallest absolute Gasteiger partial charge is 0.233 e.